The number of hydrogen-bond acceptors (Lipinski definition) is 7. The van der Waals surface area contributed by atoms with Gasteiger partial charge in [-0.2, -0.15) is 4.31 Å². The van der Waals surface area contributed by atoms with Crippen molar-refractivity contribution in [2.24, 2.45) is 0 Å². The lowest BCUT2D eigenvalue weighted by Gasteiger charge is -2.16. The minimum Gasteiger partial charge on any atom is -0.478 e. The van der Waals surface area contributed by atoms with Crippen molar-refractivity contribution in [1.82, 2.24) is 14.5 Å². The molecule has 1 aromatic carbocycles. The second-order valence-corrected chi connectivity index (χ2v) is 8.99. The van der Waals surface area contributed by atoms with Gasteiger partial charge in [0.15, 0.2) is 0 Å². The lowest BCUT2D eigenvalue weighted by atomic mass is 10.1. The third kappa shape index (κ3) is 3.38. The molecule has 1 atom stereocenters. The number of carboxylic acid groups (broad SMARTS) is 1. The Bertz CT molecular complexity index is 1080. The van der Waals surface area contributed by atoms with E-state index in [-0.39, 0.29) is 22.9 Å². The first-order chi connectivity index (χ1) is 12.9. The van der Waals surface area contributed by atoms with Gasteiger partial charge < -0.3 is 9.52 Å². The number of rotatable bonds is 5. The Morgan fingerprint density at radius 2 is 2.11 bits per heavy atom. The number of aromatic carboxylic acids is 1. The number of thiophene rings is 1. The number of benzene rings is 1. The monoisotopic (exact) mass is 405 g/mol. The van der Waals surface area contributed by atoms with Crippen LogP contribution in [0.5, 0.6) is 0 Å². The summed E-state index contributed by atoms with van der Waals surface area (Å²) < 4.78 is 32.7. The van der Waals surface area contributed by atoms with Crippen molar-refractivity contribution in [2.45, 2.75) is 17.2 Å². The highest BCUT2D eigenvalue weighted by Gasteiger charge is 2.36. The fourth-order valence-electron chi connectivity index (χ4n) is 2.99. The highest BCUT2D eigenvalue weighted by atomic mass is 32.2. The molecular formula is C17H15N3O5S2. The number of nitrogens with zero attached hydrogens (tertiary/aromatic N) is 3. The molecule has 1 saturated heterocycles. The average Bonchev–Trinajstić information content (AvgIpc) is 3.41. The minimum atomic E-state index is -3.79. The summed E-state index contributed by atoms with van der Waals surface area (Å²) in [5.74, 6) is -0.521. The third-order valence-corrected chi connectivity index (χ3v) is 7.11. The summed E-state index contributed by atoms with van der Waals surface area (Å²) in [6, 6.07) is 9.12. The molecule has 2 aromatic heterocycles. The summed E-state index contributed by atoms with van der Waals surface area (Å²) in [6.45, 7) is 0.521. The number of carboxylic acids is 1. The molecule has 3 aromatic rings. The van der Waals surface area contributed by atoms with Gasteiger partial charge in [-0.1, -0.05) is 12.1 Å². The van der Waals surface area contributed by atoms with Gasteiger partial charge in [0.1, 0.15) is 0 Å². The second kappa shape index (κ2) is 6.87. The van der Waals surface area contributed by atoms with E-state index in [9.17, 15) is 13.2 Å². The van der Waals surface area contributed by atoms with Gasteiger partial charge in [0, 0.05) is 13.1 Å². The molecule has 0 radical (unpaired) electrons. The van der Waals surface area contributed by atoms with E-state index < -0.39 is 16.0 Å². The smallest absolute Gasteiger partial charge is 0.335 e. The Kier molecular flexibility index (Phi) is 4.54. The van der Waals surface area contributed by atoms with Crippen LogP contribution in [0.15, 0.2) is 51.1 Å². The van der Waals surface area contributed by atoms with E-state index in [1.54, 1.807) is 0 Å². The molecule has 10 heteroatoms. The summed E-state index contributed by atoms with van der Waals surface area (Å²) >= 11 is 1.49. The lowest BCUT2D eigenvalue weighted by Crippen LogP contribution is -2.28. The van der Waals surface area contributed by atoms with Gasteiger partial charge in [-0.25, -0.2) is 13.2 Å². The molecule has 1 aliphatic rings. The number of hydrogen-bond donors (Lipinski definition) is 1. The quantitative estimate of drug-likeness (QED) is 0.694. The van der Waals surface area contributed by atoms with Crippen LogP contribution in [0.2, 0.25) is 0 Å². The summed E-state index contributed by atoms with van der Waals surface area (Å²) in [5, 5.41) is 19.1. The molecule has 0 amide bonds. The van der Waals surface area contributed by atoms with Gasteiger partial charge in [-0.3, -0.25) is 0 Å². The molecule has 8 nitrogen and oxygen atoms in total. The maximum atomic E-state index is 12.8. The maximum absolute atomic E-state index is 12.8. The summed E-state index contributed by atoms with van der Waals surface area (Å²) in [5.41, 5.74) is -0.0655. The predicted molar refractivity (Wildman–Crippen MR) is 97.1 cm³/mol. The second-order valence-electron chi connectivity index (χ2n) is 6.10. The summed E-state index contributed by atoms with van der Waals surface area (Å²) in [6.07, 6.45) is 0.559. The van der Waals surface area contributed by atoms with Crippen molar-refractivity contribution in [1.29, 1.82) is 0 Å². The largest absolute Gasteiger partial charge is 0.478 e. The van der Waals surface area contributed by atoms with Crippen LogP contribution >= 0.6 is 11.3 Å². The van der Waals surface area contributed by atoms with Crippen molar-refractivity contribution >= 4 is 27.3 Å². The molecule has 3 heterocycles. The third-order valence-electron chi connectivity index (χ3n) is 4.39. The zero-order chi connectivity index (χ0) is 19.0. The fraction of sp³-hybridized carbons (Fsp3) is 0.235. The zero-order valence-electron chi connectivity index (χ0n) is 14.0. The first-order valence-electron chi connectivity index (χ1n) is 8.16. The molecule has 1 N–H and O–H groups in total. The van der Waals surface area contributed by atoms with Crippen molar-refractivity contribution in [3.63, 3.8) is 0 Å². The van der Waals surface area contributed by atoms with Crippen molar-refractivity contribution in [3.8, 4) is 10.8 Å². The Morgan fingerprint density at radius 1 is 1.26 bits per heavy atom. The molecule has 0 aliphatic carbocycles. The standard InChI is InChI=1S/C17H15N3O5S2/c21-17(22)11-3-1-4-13(9-11)27(23,24)20-7-6-12(10-20)15-18-19-16(25-15)14-5-2-8-26-14/h1-5,8-9,12H,6-7,10H2,(H,21,22)/t12-/m1/s1. The van der Waals surface area contributed by atoms with Crippen LogP contribution in [0.4, 0.5) is 0 Å². The van der Waals surface area contributed by atoms with E-state index in [1.165, 1.54) is 39.9 Å². The van der Waals surface area contributed by atoms with Gasteiger partial charge in [-0.05, 0) is 36.1 Å². The molecule has 0 unspecified atom stereocenters. The molecule has 4 rings (SSSR count). The molecule has 27 heavy (non-hydrogen) atoms. The van der Waals surface area contributed by atoms with Gasteiger partial charge >= 0.3 is 5.97 Å². The van der Waals surface area contributed by atoms with E-state index in [2.05, 4.69) is 10.2 Å². The normalized spacial score (nSPS) is 18.0. The molecule has 140 valence electrons. The zero-order valence-corrected chi connectivity index (χ0v) is 15.6. The van der Waals surface area contributed by atoms with Gasteiger partial charge in [0.05, 0.1) is 21.3 Å². The first kappa shape index (κ1) is 17.8. The van der Waals surface area contributed by atoms with E-state index in [0.717, 1.165) is 4.88 Å². The SMILES string of the molecule is O=C(O)c1cccc(S(=O)(=O)N2CC[C@@H](c3nnc(-c4cccs4)o3)C2)c1. The summed E-state index contributed by atoms with van der Waals surface area (Å²) in [7, 11) is -3.79. The van der Waals surface area contributed by atoms with Crippen LogP contribution in [0, 0.1) is 0 Å². The molecule has 1 fully saturated rings. The Morgan fingerprint density at radius 3 is 2.85 bits per heavy atom. The highest BCUT2D eigenvalue weighted by molar-refractivity contribution is 7.89. The van der Waals surface area contributed by atoms with Crippen LogP contribution < -0.4 is 0 Å². The van der Waals surface area contributed by atoms with E-state index in [4.69, 9.17) is 9.52 Å². The van der Waals surface area contributed by atoms with Crippen LogP contribution in [0.1, 0.15) is 28.6 Å². The van der Waals surface area contributed by atoms with Gasteiger partial charge in [-0.15, -0.1) is 21.5 Å². The first-order valence-corrected chi connectivity index (χ1v) is 10.5. The predicted octanol–water partition coefficient (Wildman–Crippen LogP) is 2.67. The number of sulfonamides is 1. The topological polar surface area (TPSA) is 114 Å². The van der Waals surface area contributed by atoms with Crippen LogP contribution in [0.3, 0.4) is 0 Å². The Hall–Kier alpha value is -2.56. The van der Waals surface area contributed by atoms with Crippen LogP contribution in [-0.4, -0.2) is 47.1 Å². The Labute approximate surface area is 159 Å². The molecular weight excluding hydrogens is 390 g/mol. The van der Waals surface area contributed by atoms with Crippen molar-refractivity contribution in [2.75, 3.05) is 13.1 Å². The molecule has 0 bridgehead atoms. The van der Waals surface area contributed by atoms with E-state index in [1.807, 2.05) is 17.5 Å². The van der Waals surface area contributed by atoms with Crippen LogP contribution in [-0.2, 0) is 10.0 Å². The number of aromatic nitrogens is 2. The maximum Gasteiger partial charge on any atom is 0.335 e. The molecule has 0 saturated carbocycles. The lowest BCUT2D eigenvalue weighted by molar-refractivity contribution is 0.0696. The molecule has 1 aliphatic heterocycles. The van der Waals surface area contributed by atoms with Gasteiger partial charge in [0.2, 0.25) is 15.9 Å². The van der Waals surface area contributed by atoms with Crippen molar-refractivity contribution in [3.05, 3.63) is 53.2 Å². The Balaban J connectivity index is 1.54. The van der Waals surface area contributed by atoms with Crippen LogP contribution in [0.25, 0.3) is 10.8 Å². The van der Waals surface area contributed by atoms with Crippen molar-refractivity contribution < 1.29 is 22.7 Å². The summed E-state index contributed by atoms with van der Waals surface area (Å²) in [4.78, 5) is 11.9. The van der Waals surface area contributed by atoms with Gasteiger partial charge in [0.25, 0.3) is 5.89 Å². The fourth-order valence-corrected chi connectivity index (χ4v) is 5.18. The van der Waals surface area contributed by atoms with E-state index >= 15 is 0 Å². The molecule has 0 spiro atoms. The average molecular weight is 405 g/mol. The number of carbonyl (C=O) groups is 1. The highest BCUT2D eigenvalue weighted by Crippen LogP contribution is 2.32. The van der Waals surface area contributed by atoms with E-state index in [0.29, 0.717) is 24.7 Å². The minimum absolute atomic E-state index is 0.0344.